The summed E-state index contributed by atoms with van der Waals surface area (Å²) in [5.41, 5.74) is 6.41. The van der Waals surface area contributed by atoms with Crippen LogP contribution in [0.2, 0.25) is 0 Å². The first-order valence-corrected chi connectivity index (χ1v) is 9.23. The molecule has 3 heterocycles. The average molecular weight is 347 g/mol. The van der Waals surface area contributed by atoms with Gasteiger partial charge in [-0.1, -0.05) is 42.5 Å². The Bertz CT molecular complexity index is 1020. The quantitative estimate of drug-likeness (QED) is 0.542. The number of nitrogens with zero attached hydrogens (tertiary/aromatic N) is 1. The highest BCUT2D eigenvalue weighted by molar-refractivity contribution is 5.87. The van der Waals surface area contributed by atoms with Gasteiger partial charge in [0.2, 0.25) is 0 Å². The van der Waals surface area contributed by atoms with E-state index in [1.165, 1.54) is 34.9 Å². The third-order valence-electron chi connectivity index (χ3n) is 6.51. The smallest absolute Gasteiger partial charge is 0.365 e. The molecule has 3 atom stereocenters. The van der Waals surface area contributed by atoms with E-state index in [4.69, 9.17) is 4.74 Å². The van der Waals surface area contributed by atoms with Crippen LogP contribution in [0.1, 0.15) is 28.4 Å². The highest BCUT2D eigenvalue weighted by atomic mass is 16.5. The number of para-hydroxylation sites is 1. The Kier molecular flexibility index (Phi) is 3.28. The van der Waals surface area contributed by atoms with Gasteiger partial charge in [0.15, 0.2) is 12.1 Å². The molecule has 2 aromatic carbocycles. The molecule has 2 aliphatic heterocycles. The van der Waals surface area contributed by atoms with Crippen LogP contribution in [0.5, 0.6) is 0 Å². The third-order valence-corrected chi connectivity index (χ3v) is 6.51. The summed E-state index contributed by atoms with van der Waals surface area (Å²) in [5, 5.41) is 1.23. The Hall–Kier alpha value is -2.59. The van der Waals surface area contributed by atoms with Crippen molar-refractivity contribution < 1.29 is 14.0 Å². The first kappa shape index (κ1) is 15.6. The van der Waals surface area contributed by atoms with E-state index in [-0.39, 0.29) is 18.1 Å². The molecule has 0 saturated carbocycles. The van der Waals surface area contributed by atoms with E-state index in [9.17, 15) is 4.79 Å². The molecule has 1 N–H and O–H groups in total. The molecule has 0 bridgehead atoms. The van der Waals surface area contributed by atoms with E-state index in [1.54, 1.807) is 0 Å². The number of esters is 1. The van der Waals surface area contributed by atoms with Crippen molar-refractivity contribution in [2.24, 2.45) is 0 Å². The van der Waals surface area contributed by atoms with Crippen LogP contribution in [-0.2, 0) is 22.4 Å². The second-order valence-corrected chi connectivity index (χ2v) is 7.73. The Morgan fingerprint density at radius 3 is 2.77 bits per heavy atom. The van der Waals surface area contributed by atoms with Crippen LogP contribution in [0.4, 0.5) is 0 Å². The van der Waals surface area contributed by atoms with Gasteiger partial charge in [-0.05, 0) is 17.2 Å². The second-order valence-electron chi connectivity index (χ2n) is 7.73. The topological polar surface area (TPSA) is 42.1 Å². The number of H-pyrrole nitrogens is 1. The number of hydrogen-bond donors (Lipinski definition) is 1. The summed E-state index contributed by atoms with van der Waals surface area (Å²) in [5.74, 6) is -0.104. The van der Waals surface area contributed by atoms with Gasteiger partial charge in [0.05, 0.1) is 26.4 Å². The normalized spacial score (nSPS) is 26.7. The fourth-order valence-corrected chi connectivity index (χ4v) is 5.16. The number of likely N-dealkylation sites (N-methyl/N-ethyl adjacent to an activating group) is 1. The SMILES string of the molecule is COC(=O)[C@H]1Cc2c([nH]c3ccccc23)C2c3ccccc3CC[N+]21C. The van der Waals surface area contributed by atoms with E-state index in [0.29, 0.717) is 4.48 Å². The number of ether oxygens (including phenoxy) is 1. The van der Waals surface area contributed by atoms with Gasteiger partial charge < -0.3 is 14.2 Å². The molecule has 132 valence electrons. The van der Waals surface area contributed by atoms with Crippen molar-refractivity contribution in [2.75, 3.05) is 20.7 Å². The molecule has 0 fully saturated rings. The van der Waals surface area contributed by atoms with Crippen molar-refractivity contribution in [1.29, 1.82) is 0 Å². The van der Waals surface area contributed by atoms with Crippen LogP contribution in [0.3, 0.4) is 0 Å². The highest BCUT2D eigenvalue weighted by Crippen LogP contribution is 2.48. The molecular formula is C22H23N2O2+. The summed E-state index contributed by atoms with van der Waals surface area (Å²) in [6, 6.07) is 17.0. The van der Waals surface area contributed by atoms with Gasteiger partial charge in [-0.3, -0.25) is 0 Å². The third kappa shape index (κ3) is 1.96. The van der Waals surface area contributed by atoms with Crippen molar-refractivity contribution >= 4 is 16.9 Å². The predicted octanol–water partition coefficient (Wildman–Crippen LogP) is 3.36. The number of carbonyl (C=O) groups excluding carboxylic acids is 1. The first-order chi connectivity index (χ1) is 12.6. The number of aromatic nitrogens is 1. The second kappa shape index (κ2) is 5.45. The van der Waals surface area contributed by atoms with Crippen molar-refractivity contribution in [3.05, 3.63) is 70.9 Å². The lowest BCUT2D eigenvalue weighted by Crippen LogP contribution is -2.63. The lowest BCUT2D eigenvalue weighted by molar-refractivity contribution is -0.953. The summed E-state index contributed by atoms with van der Waals surface area (Å²) in [4.78, 5) is 16.4. The van der Waals surface area contributed by atoms with E-state index in [2.05, 4.69) is 60.6 Å². The molecule has 0 amide bonds. The fourth-order valence-electron chi connectivity index (χ4n) is 5.16. The molecule has 4 heteroatoms. The zero-order valence-corrected chi connectivity index (χ0v) is 15.2. The largest absolute Gasteiger partial charge is 0.465 e. The number of benzene rings is 2. The van der Waals surface area contributed by atoms with Crippen LogP contribution in [0, 0.1) is 0 Å². The van der Waals surface area contributed by atoms with E-state index in [1.807, 2.05) is 0 Å². The summed E-state index contributed by atoms with van der Waals surface area (Å²) >= 11 is 0. The minimum atomic E-state index is -0.176. The monoisotopic (exact) mass is 347 g/mol. The maximum Gasteiger partial charge on any atom is 0.365 e. The number of methoxy groups -OCH3 is 1. The van der Waals surface area contributed by atoms with Crippen molar-refractivity contribution in [1.82, 2.24) is 4.98 Å². The number of hydrogen-bond acceptors (Lipinski definition) is 2. The highest BCUT2D eigenvalue weighted by Gasteiger charge is 2.53. The Morgan fingerprint density at radius 1 is 1.15 bits per heavy atom. The number of aromatic amines is 1. The van der Waals surface area contributed by atoms with Gasteiger partial charge in [0.1, 0.15) is 0 Å². The molecule has 0 saturated heterocycles. The standard InChI is InChI=1S/C22H23N2O2/c1-24-12-11-14-7-3-4-8-15(14)21(24)20-17(13-19(24)22(25)26-2)16-9-5-6-10-18(16)23-20/h3-10,19,21,23H,11-13H2,1-2H3/q+1/t19-,21?,24?/m1/s1. The van der Waals surface area contributed by atoms with Crippen molar-refractivity contribution in [3.63, 3.8) is 0 Å². The average Bonchev–Trinajstić information content (AvgIpc) is 3.04. The first-order valence-electron chi connectivity index (χ1n) is 9.23. The van der Waals surface area contributed by atoms with E-state index in [0.717, 1.165) is 24.9 Å². The minimum absolute atomic E-state index is 0.104. The van der Waals surface area contributed by atoms with Gasteiger partial charge in [0.25, 0.3) is 0 Å². The lowest BCUT2D eigenvalue weighted by atomic mass is 9.80. The Balaban J connectivity index is 1.81. The Morgan fingerprint density at radius 2 is 1.92 bits per heavy atom. The van der Waals surface area contributed by atoms with Crippen molar-refractivity contribution in [2.45, 2.75) is 24.9 Å². The number of rotatable bonds is 1. The van der Waals surface area contributed by atoms with E-state index < -0.39 is 0 Å². The molecule has 0 radical (unpaired) electrons. The van der Waals surface area contributed by atoms with Crippen molar-refractivity contribution in [3.8, 4) is 0 Å². The number of carbonyl (C=O) groups is 1. The zero-order valence-electron chi connectivity index (χ0n) is 15.2. The number of quaternary nitrogens is 1. The van der Waals surface area contributed by atoms with Gasteiger partial charge in [-0.2, -0.15) is 0 Å². The summed E-state index contributed by atoms with van der Waals surface area (Å²) in [6.45, 7) is 0.941. The molecule has 5 rings (SSSR count). The van der Waals surface area contributed by atoms with Crippen LogP contribution < -0.4 is 0 Å². The van der Waals surface area contributed by atoms with Crippen LogP contribution in [0.25, 0.3) is 10.9 Å². The van der Waals surface area contributed by atoms with Gasteiger partial charge in [-0.25, -0.2) is 4.79 Å². The predicted molar refractivity (Wildman–Crippen MR) is 101 cm³/mol. The minimum Gasteiger partial charge on any atom is -0.465 e. The maximum absolute atomic E-state index is 12.8. The summed E-state index contributed by atoms with van der Waals surface area (Å²) in [7, 11) is 3.72. The lowest BCUT2D eigenvalue weighted by Gasteiger charge is -2.51. The molecule has 0 aliphatic carbocycles. The number of fused-ring (bicyclic) bond motifs is 7. The molecule has 2 unspecified atom stereocenters. The molecule has 4 nitrogen and oxygen atoms in total. The summed E-state index contributed by atoms with van der Waals surface area (Å²) in [6.07, 6.45) is 1.72. The Labute approximate surface area is 153 Å². The molecule has 26 heavy (non-hydrogen) atoms. The van der Waals surface area contributed by atoms with E-state index >= 15 is 0 Å². The molecule has 3 aromatic rings. The van der Waals surface area contributed by atoms with Gasteiger partial charge in [-0.15, -0.1) is 0 Å². The van der Waals surface area contributed by atoms with Gasteiger partial charge in [0, 0.05) is 29.3 Å². The van der Waals surface area contributed by atoms with Crippen LogP contribution in [0.15, 0.2) is 48.5 Å². The van der Waals surface area contributed by atoms with Crippen LogP contribution >= 0.6 is 0 Å². The molecular weight excluding hydrogens is 324 g/mol. The zero-order chi connectivity index (χ0) is 17.9. The van der Waals surface area contributed by atoms with Crippen LogP contribution in [-0.4, -0.2) is 42.2 Å². The molecule has 1 aromatic heterocycles. The molecule has 0 spiro atoms. The van der Waals surface area contributed by atoms with Gasteiger partial charge >= 0.3 is 5.97 Å². The summed E-state index contributed by atoms with van der Waals surface area (Å²) < 4.78 is 5.91. The molecule has 2 aliphatic rings. The maximum atomic E-state index is 12.8. The number of nitrogens with one attached hydrogen (secondary N) is 1. The fraction of sp³-hybridized carbons (Fsp3) is 0.318.